The Morgan fingerprint density at radius 3 is 1.97 bits per heavy atom. The van der Waals surface area contributed by atoms with Crippen molar-refractivity contribution in [3.63, 3.8) is 0 Å². The van der Waals surface area contributed by atoms with Crippen molar-refractivity contribution in [3.05, 3.63) is 126 Å². The number of para-hydroxylation sites is 1. The summed E-state index contributed by atoms with van der Waals surface area (Å²) in [6.45, 7) is 0. The number of hydrogen-bond acceptors (Lipinski definition) is 2. The number of hydrogen-bond donors (Lipinski definition) is 0. The zero-order chi connectivity index (χ0) is 20.8. The third kappa shape index (κ3) is 4.32. The molecule has 1 amide bonds. The van der Waals surface area contributed by atoms with Crippen LogP contribution in [0.1, 0.15) is 21.5 Å². The lowest BCUT2D eigenvalue weighted by Gasteiger charge is -2.21. The highest BCUT2D eigenvalue weighted by Gasteiger charge is 2.21. The van der Waals surface area contributed by atoms with Crippen LogP contribution in [0.15, 0.2) is 109 Å². The maximum atomic E-state index is 13.4. The Bertz CT molecular complexity index is 1110. The first-order chi connectivity index (χ1) is 14.8. The highest BCUT2D eigenvalue weighted by Crippen LogP contribution is 2.26. The Hall–Kier alpha value is -3.69. The van der Waals surface area contributed by atoms with E-state index in [4.69, 9.17) is 4.84 Å². The average molecular weight is 393 g/mol. The lowest BCUT2D eigenvalue weighted by molar-refractivity contribution is 0.0772. The van der Waals surface area contributed by atoms with Crippen LogP contribution in [0.25, 0.3) is 11.1 Å². The first kappa shape index (κ1) is 19.6. The second kappa shape index (κ2) is 9.21. The second-order valence-electron chi connectivity index (χ2n) is 7.02. The number of hydroxylamine groups is 1. The van der Waals surface area contributed by atoms with Crippen molar-refractivity contribution in [2.75, 3.05) is 12.2 Å². The molecule has 0 saturated carbocycles. The Labute approximate surface area is 177 Å². The van der Waals surface area contributed by atoms with Gasteiger partial charge in [0.25, 0.3) is 5.91 Å². The van der Waals surface area contributed by atoms with Gasteiger partial charge in [-0.2, -0.15) is 5.06 Å². The van der Waals surface area contributed by atoms with Gasteiger partial charge in [0, 0.05) is 5.56 Å². The van der Waals surface area contributed by atoms with E-state index in [9.17, 15) is 4.79 Å². The van der Waals surface area contributed by atoms with Gasteiger partial charge in [0.15, 0.2) is 0 Å². The number of carbonyl (C=O) groups is 1. The molecule has 0 heterocycles. The van der Waals surface area contributed by atoms with E-state index in [0.29, 0.717) is 17.7 Å². The molecular formula is C27H23NO2. The number of rotatable bonds is 6. The largest absolute Gasteiger partial charge is 0.282 e. The molecule has 0 N–H and O–H groups in total. The Kier molecular flexibility index (Phi) is 6.02. The summed E-state index contributed by atoms with van der Waals surface area (Å²) >= 11 is 0. The minimum Gasteiger partial charge on any atom is -0.269 e. The molecule has 148 valence electrons. The summed E-state index contributed by atoms with van der Waals surface area (Å²) in [6, 6.07) is 35.8. The molecule has 0 bridgehead atoms. The van der Waals surface area contributed by atoms with Gasteiger partial charge >= 0.3 is 0 Å². The highest BCUT2D eigenvalue weighted by molar-refractivity contribution is 6.06. The lowest BCUT2D eigenvalue weighted by atomic mass is 9.94. The molecule has 4 aromatic rings. The zero-order valence-corrected chi connectivity index (χ0v) is 16.9. The van der Waals surface area contributed by atoms with Crippen LogP contribution in [-0.2, 0) is 11.3 Å². The van der Waals surface area contributed by atoms with Crippen LogP contribution >= 0.6 is 0 Å². The molecule has 3 heteroatoms. The first-order valence-electron chi connectivity index (χ1n) is 9.92. The molecule has 0 aliphatic rings. The van der Waals surface area contributed by atoms with Gasteiger partial charge < -0.3 is 0 Å². The van der Waals surface area contributed by atoms with E-state index in [0.717, 1.165) is 22.3 Å². The summed E-state index contributed by atoms with van der Waals surface area (Å²) in [5.41, 5.74) is 5.65. The Balaban J connectivity index is 1.76. The van der Waals surface area contributed by atoms with Crippen LogP contribution in [0.2, 0.25) is 0 Å². The second-order valence-corrected chi connectivity index (χ2v) is 7.02. The van der Waals surface area contributed by atoms with Crippen LogP contribution in [0, 0.1) is 0 Å². The van der Waals surface area contributed by atoms with E-state index >= 15 is 0 Å². The molecule has 4 rings (SSSR count). The Morgan fingerprint density at radius 1 is 0.733 bits per heavy atom. The summed E-state index contributed by atoms with van der Waals surface area (Å²) in [7, 11) is 1.51. The van der Waals surface area contributed by atoms with E-state index in [-0.39, 0.29) is 5.91 Å². The van der Waals surface area contributed by atoms with Crippen molar-refractivity contribution in [3.8, 4) is 11.1 Å². The maximum absolute atomic E-state index is 13.4. The monoisotopic (exact) mass is 393 g/mol. The minimum absolute atomic E-state index is 0.186. The molecule has 4 aromatic carbocycles. The lowest BCUT2D eigenvalue weighted by Crippen LogP contribution is -2.30. The third-order valence-corrected chi connectivity index (χ3v) is 5.04. The molecule has 0 radical (unpaired) electrons. The van der Waals surface area contributed by atoms with Crippen LogP contribution in [0.5, 0.6) is 0 Å². The van der Waals surface area contributed by atoms with Gasteiger partial charge in [-0.15, -0.1) is 0 Å². The van der Waals surface area contributed by atoms with Crippen molar-refractivity contribution in [1.29, 1.82) is 0 Å². The maximum Gasteiger partial charge on any atom is 0.282 e. The molecule has 0 atom stereocenters. The van der Waals surface area contributed by atoms with Gasteiger partial charge in [0.05, 0.1) is 12.8 Å². The molecule has 30 heavy (non-hydrogen) atoms. The van der Waals surface area contributed by atoms with E-state index in [1.54, 1.807) is 0 Å². The van der Waals surface area contributed by atoms with Gasteiger partial charge in [0.2, 0.25) is 0 Å². The Morgan fingerprint density at radius 2 is 1.33 bits per heavy atom. The highest BCUT2D eigenvalue weighted by atomic mass is 16.7. The van der Waals surface area contributed by atoms with Crippen molar-refractivity contribution in [2.24, 2.45) is 0 Å². The van der Waals surface area contributed by atoms with Gasteiger partial charge in [0.1, 0.15) is 0 Å². The van der Waals surface area contributed by atoms with E-state index in [1.807, 2.05) is 78.9 Å². The topological polar surface area (TPSA) is 29.5 Å². The van der Waals surface area contributed by atoms with E-state index < -0.39 is 0 Å². The molecular weight excluding hydrogens is 370 g/mol. The summed E-state index contributed by atoms with van der Waals surface area (Å²) < 4.78 is 0. The number of amides is 1. The molecule has 0 spiro atoms. The minimum atomic E-state index is -0.186. The molecule has 0 unspecified atom stereocenters. The molecule has 0 saturated heterocycles. The van der Waals surface area contributed by atoms with Crippen LogP contribution < -0.4 is 5.06 Å². The van der Waals surface area contributed by atoms with Gasteiger partial charge in [-0.25, -0.2) is 0 Å². The van der Waals surface area contributed by atoms with E-state index in [2.05, 4.69) is 30.3 Å². The fourth-order valence-corrected chi connectivity index (χ4v) is 3.55. The first-order valence-corrected chi connectivity index (χ1v) is 9.92. The van der Waals surface area contributed by atoms with Gasteiger partial charge in [-0.05, 0) is 46.9 Å². The third-order valence-electron chi connectivity index (χ3n) is 5.04. The quantitative estimate of drug-likeness (QED) is 0.368. The molecule has 0 fully saturated rings. The normalized spacial score (nSPS) is 10.6. The fraction of sp³-hybridized carbons (Fsp3) is 0.0741. The summed E-state index contributed by atoms with van der Waals surface area (Å²) in [5.74, 6) is -0.186. The number of carbonyl (C=O) groups excluding carboxylic acids is 1. The summed E-state index contributed by atoms with van der Waals surface area (Å²) in [5, 5.41) is 1.34. The standard InChI is InChI=1S/C27H23NO2/c1-30-28(25-15-9-4-10-16-25)27(29)26-18-17-23(22-13-7-3-8-14-22)20-24(26)19-21-11-5-2-6-12-21/h2-18,20H,19H2,1H3. The molecule has 0 aliphatic heterocycles. The predicted molar refractivity (Wildman–Crippen MR) is 121 cm³/mol. The SMILES string of the molecule is CON(C(=O)c1ccc(-c2ccccc2)cc1Cc1ccccc1)c1ccccc1. The van der Waals surface area contributed by atoms with Crippen LogP contribution in [-0.4, -0.2) is 13.0 Å². The number of anilines is 1. The number of nitrogens with zero attached hydrogens (tertiary/aromatic N) is 1. The van der Waals surface area contributed by atoms with Crippen molar-refractivity contribution >= 4 is 11.6 Å². The smallest absolute Gasteiger partial charge is 0.269 e. The van der Waals surface area contributed by atoms with Gasteiger partial charge in [-0.3, -0.25) is 9.63 Å². The van der Waals surface area contributed by atoms with Crippen LogP contribution in [0.4, 0.5) is 5.69 Å². The van der Waals surface area contributed by atoms with Crippen molar-refractivity contribution in [2.45, 2.75) is 6.42 Å². The van der Waals surface area contributed by atoms with Crippen molar-refractivity contribution in [1.82, 2.24) is 0 Å². The van der Waals surface area contributed by atoms with Gasteiger partial charge in [-0.1, -0.05) is 91.0 Å². The molecule has 0 aliphatic carbocycles. The van der Waals surface area contributed by atoms with Crippen molar-refractivity contribution < 1.29 is 9.63 Å². The van der Waals surface area contributed by atoms with Crippen LogP contribution in [0.3, 0.4) is 0 Å². The van der Waals surface area contributed by atoms with E-state index in [1.165, 1.54) is 12.2 Å². The molecule has 0 aromatic heterocycles. The summed E-state index contributed by atoms with van der Waals surface area (Å²) in [4.78, 5) is 18.9. The predicted octanol–water partition coefficient (Wildman–Crippen LogP) is 6.15. The molecule has 3 nitrogen and oxygen atoms in total. The number of benzene rings is 4. The average Bonchev–Trinajstić information content (AvgIpc) is 2.81. The summed E-state index contributed by atoms with van der Waals surface area (Å²) in [6.07, 6.45) is 0.662. The zero-order valence-electron chi connectivity index (χ0n) is 16.9. The fourth-order valence-electron chi connectivity index (χ4n) is 3.55.